The monoisotopic (exact) mass is 640 g/mol. The van der Waals surface area contributed by atoms with E-state index in [1.807, 2.05) is 73.7 Å². The van der Waals surface area contributed by atoms with Gasteiger partial charge in [0.15, 0.2) is 0 Å². The van der Waals surface area contributed by atoms with Crippen molar-refractivity contribution in [1.82, 2.24) is 14.5 Å². The summed E-state index contributed by atoms with van der Waals surface area (Å²) in [5, 5.41) is 6.55. The maximum atomic E-state index is 13.4. The van der Waals surface area contributed by atoms with Crippen LogP contribution in [0, 0.1) is 0 Å². The van der Waals surface area contributed by atoms with Crippen LogP contribution in [0.2, 0.25) is 5.04 Å². The highest BCUT2D eigenvalue weighted by molar-refractivity contribution is 6.99. The summed E-state index contributed by atoms with van der Waals surface area (Å²) < 4.78 is 14.8. The van der Waals surface area contributed by atoms with Gasteiger partial charge in [-0.1, -0.05) is 112 Å². The summed E-state index contributed by atoms with van der Waals surface area (Å²) >= 11 is 0. The summed E-state index contributed by atoms with van der Waals surface area (Å²) in [4.78, 5) is 22.5. The fourth-order valence-corrected chi connectivity index (χ4v) is 10.8. The predicted octanol–water partition coefficient (Wildman–Crippen LogP) is 7.18. The van der Waals surface area contributed by atoms with E-state index in [1.54, 1.807) is 17.0 Å². The van der Waals surface area contributed by atoms with Gasteiger partial charge in [0.2, 0.25) is 0 Å². The summed E-state index contributed by atoms with van der Waals surface area (Å²) in [6.07, 6.45) is 3.49. The van der Waals surface area contributed by atoms with Gasteiger partial charge in [0.05, 0.1) is 18.3 Å². The van der Waals surface area contributed by atoms with E-state index in [4.69, 9.17) is 9.16 Å². The zero-order valence-electron chi connectivity index (χ0n) is 27.3. The SMILES string of the molecule is CCn1c(=O)c(-c2ccccc2)cc2cnc(Nc3ccc(OCCO[Si](c4ccccc4)(c4ccccc4)C(C)(C)C)cn3)cc21. The maximum absolute atomic E-state index is 13.4. The number of hydrogen-bond acceptors (Lipinski definition) is 6. The van der Waals surface area contributed by atoms with E-state index in [0.717, 1.165) is 16.5 Å². The van der Waals surface area contributed by atoms with Gasteiger partial charge in [0.25, 0.3) is 13.9 Å². The number of nitrogens with zero attached hydrogens (tertiary/aromatic N) is 3. The molecule has 3 aromatic carbocycles. The molecule has 0 aliphatic rings. The zero-order chi connectivity index (χ0) is 32.9. The minimum atomic E-state index is -2.62. The topological polar surface area (TPSA) is 78.3 Å². The molecule has 0 atom stereocenters. The first kappa shape index (κ1) is 31.9. The molecule has 0 aliphatic carbocycles. The molecule has 0 aliphatic heterocycles. The number of rotatable bonds is 11. The Bertz CT molecular complexity index is 1950. The summed E-state index contributed by atoms with van der Waals surface area (Å²) in [7, 11) is -2.62. The van der Waals surface area contributed by atoms with Crippen LogP contribution in [0.3, 0.4) is 0 Å². The molecule has 0 unspecified atom stereocenters. The van der Waals surface area contributed by atoms with Crippen LogP contribution in [0.5, 0.6) is 5.75 Å². The van der Waals surface area contributed by atoms with Crippen molar-refractivity contribution in [1.29, 1.82) is 0 Å². The lowest BCUT2D eigenvalue weighted by Crippen LogP contribution is -2.66. The summed E-state index contributed by atoms with van der Waals surface area (Å²) in [6, 6.07) is 38.5. The zero-order valence-corrected chi connectivity index (χ0v) is 28.3. The third-order valence-electron chi connectivity index (χ3n) is 8.46. The molecule has 3 aromatic heterocycles. The van der Waals surface area contributed by atoms with Gasteiger partial charge in [-0.3, -0.25) is 4.79 Å². The van der Waals surface area contributed by atoms with Gasteiger partial charge in [-0.15, -0.1) is 0 Å². The largest absolute Gasteiger partial charge is 0.490 e. The Hall–Kier alpha value is -5.05. The van der Waals surface area contributed by atoms with Gasteiger partial charge in [-0.25, -0.2) is 9.97 Å². The first-order chi connectivity index (χ1) is 22.8. The van der Waals surface area contributed by atoms with Gasteiger partial charge >= 0.3 is 0 Å². The Morgan fingerprint density at radius 3 is 1.94 bits per heavy atom. The average molecular weight is 641 g/mol. The molecule has 6 rings (SSSR count). The summed E-state index contributed by atoms with van der Waals surface area (Å²) in [5.74, 6) is 1.88. The Balaban J connectivity index is 1.14. The number of benzene rings is 3. The number of fused-ring (bicyclic) bond motifs is 1. The van der Waals surface area contributed by atoms with Crippen molar-refractivity contribution in [2.24, 2.45) is 0 Å². The molecule has 0 fully saturated rings. The lowest BCUT2D eigenvalue weighted by molar-refractivity contribution is 0.208. The van der Waals surface area contributed by atoms with Crippen molar-refractivity contribution in [2.45, 2.75) is 39.3 Å². The Morgan fingerprint density at radius 2 is 1.36 bits per heavy atom. The van der Waals surface area contributed by atoms with Gasteiger partial charge in [0, 0.05) is 29.8 Å². The second-order valence-corrected chi connectivity index (χ2v) is 16.8. The maximum Gasteiger partial charge on any atom is 0.261 e. The normalized spacial score (nSPS) is 11.8. The third kappa shape index (κ3) is 6.61. The average Bonchev–Trinajstić information content (AvgIpc) is 3.09. The van der Waals surface area contributed by atoms with Crippen molar-refractivity contribution < 1.29 is 9.16 Å². The molecule has 3 heterocycles. The molecule has 8 heteroatoms. The minimum Gasteiger partial charge on any atom is -0.490 e. The van der Waals surface area contributed by atoms with E-state index >= 15 is 0 Å². The van der Waals surface area contributed by atoms with Crippen molar-refractivity contribution >= 4 is 41.2 Å². The van der Waals surface area contributed by atoms with E-state index in [2.05, 4.69) is 84.6 Å². The van der Waals surface area contributed by atoms with E-state index in [1.165, 1.54) is 10.4 Å². The number of aryl methyl sites for hydroxylation is 1. The fraction of sp³-hybridized carbons (Fsp3) is 0.205. The molecule has 0 saturated carbocycles. The van der Waals surface area contributed by atoms with Crippen LogP contribution < -0.4 is 26.0 Å². The van der Waals surface area contributed by atoms with Crippen LogP contribution in [0.4, 0.5) is 11.6 Å². The lowest BCUT2D eigenvalue weighted by atomic mass is 10.1. The van der Waals surface area contributed by atoms with Gasteiger partial charge in [-0.05, 0) is 46.1 Å². The molecular formula is C39H40N4O3Si. The molecule has 6 aromatic rings. The Kier molecular flexibility index (Phi) is 9.33. The number of aromatic nitrogens is 3. The summed E-state index contributed by atoms with van der Waals surface area (Å²) in [6.45, 7) is 10.2. The molecule has 0 bridgehead atoms. The molecule has 0 radical (unpaired) electrons. The molecule has 0 spiro atoms. The molecule has 238 valence electrons. The van der Waals surface area contributed by atoms with E-state index in [9.17, 15) is 4.79 Å². The van der Waals surface area contributed by atoms with Crippen LogP contribution in [-0.2, 0) is 11.0 Å². The third-order valence-corrected chi connectivity index (χ3v) is 13.5. The quantitative estimate of drug-likeness (QED) is 0.119. The first-order valence-electron chi connectivity index (χ1n) is 16.0. The molecule has 7 nitrogen and oxygen atoms in total. The number of hydrogen-bond donors (Lipinski definition) is 1. The second kappa shape index (κ2) is 13.7. The number of anilines is 2. The second-order valence-electron chi connectivity index (χ2n) is 12.5. The number of pyridine rings is 3. The molecule has 0 amide bonds. The van der Waals surface area contributed by atoms with Crippen molar-refractivity contribution in [2.75, 3.05) is 18.5 Å². The molecule has 1 N–H and O–H groups in total. The Labute approximate surface area is 277 Å². The smallest absolute Gasteiger partial charge is 0.261 e. The standard InChI is InChI=1S/C39H40N4O3Si/c1-5-43-35-26-37(40-27-30(35)25-34(38(43)44)29-15-9-6-10-16-29)42-36-22-21-31(28-41-36)45-23-24-46-47(39(2,3)4,32-17-11-7-12-18-32)33-19-13-8-14-20-33/h6-22,25-28H,5,23-24H2,1-4H3,(H,40,41,42). The van der Waals surface area contributed by atoms with Gasteiger partial charge < -0.3 is 19.0 Å². The molecular weight excluding hydrogens is 601 g/mol. The first-order valence-corrected chi connectivity index (χ1v) is 17.9. The molecule has 47 heavy (non-hydrogen) atoms. The fourth-order valence-electron chi connectivity index (χ4n) is 6.27. The molecule has 0 saturated heterocycles. The van der Waals surface area contributed by atoms with E-state index < -0.39 is 8.32 Å². The van der Waals surface area contributed by atoms with Gasteiger partial charge in [0.1, 0.15) is 24.0 Å². The number of ether oxygens (including phenoxy) is 1. The highest BCUT2D eigenvalue weighted by atomic mass is 28.4. The number of nitrogens with one attached hydrogen (secondary N) is 1. The van der Waals surface area contributed by atoms with E-state index in [0.29, 0.717) is 42.7 Å². The van der Waals surface area contributed by atoms with Crippen LogP contribution >= 0.6 is 0 Å². The van der Waals surface area contributed by atoms with Crippen LogP contribution in [-0.4, -0.2) is 36.1 Å². The Morgan fingerprint density at radius 1 is 0.745 bits per heavy atom. The van der Waals surface area contributed by atoms with Crippen LogP contribution in [0.25, 0.3) is 22.0 Å². The minimum absolute atomic E-state index is 0.0260. The van der Waals surface area contributed by atoms with Crippen molar-refractivity contribution in [3.05, 3.63) is 138 Å². The summed E-state index contributed by atoms with van der Waals surface area (Å²) in [5.41, 5.74) is 2.35. The lowest BCUT2D eigenvalue weighted by Gasteiger charge is -2.43. The van der Waals surface area contributed by atoms with Crippen molar-refractivity contribution in [3.8, 4) is 16.9 Å². The van der Waals surface area contributed by atoms with Gasteiger partial charge in [-0.2, -0.15) is 0 Å². The van der Waals surface area contributed by atoms with E-state index in [-0.39, 0.29) is 10.6 Å². The van der Waals surface area contributed by atoms with Crippen LogP contribution in [0.15, 0.2) is 132 Å². The highest BCUT2D eigenvalue weighted by Crippen LogP contribution is 2.36. The highest BCUT2D eigenvalue weighted by Gasteiger charge is 2.50. The van der Waals surface area contributed by atoms with Crippen molar-refractivity contribution in [3.63, 3.8) is 0 Å². The predicted molar refractivity (Wildman–Crippen MR) is 194 cm³/mol. The van der Waals surface area contributed by atoms with Crippen LogP contribution in [0.1, 0.15) is 27.7 Å².